The minimum absolute atomic E-state index is 0.0130. The maximum absolute atomic E-state index is 11.4. The number of unbranched alkanes of at least 4 members (excludes halogenated alkanes) is 2. The molecule has 0 saturated carbocycles. The van der Waals surface area contributed by atoms with Crippen LogP contribution in [0.2, 0.25) is 0 Å². The second-order valence-electron chi connectivity index (χ2n) is 4.69. The number of hydrogen-bond acceptors (Lipinski definition) is 2. The largest absolute Gasteiger partial charge is 0.385 e. The molecule has 0 aliphatic carbocycles. The van der Waals surface area contributed by atoms with Crippen molar-refractivity contribution >= 4 is 5.78 Å². The third kappa shape index (κ3) is 5.04. The monoisotopic (exact) mass is 186 g/mol. The van der Waals surface area contributed by atoms with Gasteiger partial charge < -0.3 is 5.11 Å². The Kier molecular flexibility index (Phi) is 5.23. The van der Waals surface area contributed by atoms with E-state index in [2.05, 4.69) is 6.92 Å². The molecular formula is C11H22O2. The summed E-state index contributed by atoms with van der Waals surface area (Å²) in [6.07, 6.45) is 2.81. The van der Waals surface area contributed by atoms with E-state index >= 15 is 0 Å². The van der Waals surface area contributed by atoms with E-state index in [-0.39, 0.29) is 11.2 Å². The van der Waals surface area contributed by atoms with Crippen molar-refractivity contribution in [3.63, 3.8) is 0 Å². The third-order valence-electron chi connectivity index (χ3n) is 2.15. The normalized spacial score (nSPS) is 14.2. The van der Waals surface area contributed by atoms with Crippen LogP contribution in [0, 0.1) is 5.41 Å². The molecule has 0 spiro atoms. The molecule has 2 heteroatoms. The molecule has 1 N–H and O–H groups in total. The Balaban J connectivity index is 3.84. The number of ketones is 1. The second kappa shape index (κ2) is 5.38. The van der Waals surface area contributed by atoms with E-state index in [1.807, 2.05) is 20.8 Å². The predicted molar refractivity (Wildman–Crippen MR) is 54.6 cm³/mol. The van der Waals surface area contributed by atoms with Crippen molar-refractivity contribution in [3.05, 3.63) is 0 Å². The van der Waals surface area contributed by atoms with Crippen molar-refractivity contribution in [2.75, 3.05) is 0 Å². The third-order valence-corrected chi connectivity index (χ3v) is 2.15. The molecule has 0 aliphatic rings. The Hall–Kier alpha value is -0.370. The van der Waals surface area contributed by atoms with E-state index in [1.54, 1.807) is 0 Å². The maximum Gasteiger partial charge on any atom is 0.161 e. The molecule has 0 aromatic carbocycles. The minimum atomic E-state index is -0.802. The molecule has 0 bridgehead atoms. The van der Waals surface area contributed by atoms with Crippen LogP contribution >= 0.6 is 0 Å². The van der Waals surface area contributed by atoms with Crippen molar-refractivity contribution in [3.8, 4) is 0 Å². The van der Waals surface area contributed by atoms with Crippen molar-refractivity contribution in [2.45, 2.75) is 59.5 Å². The zero-order valence-corrected chi connectivity index (χ0v) is 9.26. The molecule has 0 aliphatic heterocycles. The van der Waals surface area contributed by atoms with Gasteiger partial charge in [-0.3, -0.25) is 4.79 Å². The van der Waals surface area contributed by atoms with Crippen molar-refractivity contribution in [1.29, 1.82) is 0 Å². The van der Waals surface area contributed by atoms with Crippen LogP contribution in [-0.4, -0.2) is 17.0 Å². The van der Waals surface area contributed by atoms with Gasteiger partial charge in [-0.2, -0.15) is 0 Å². The topological polar surface area (TPSA) is 37.3 Å². The predicted octanol–water partition coefficient (Wildman–Crippen LogP) is 2.54. The summed E-state index contributed by atoms with van der Waals surface area (Å²) in [7, 11) is 0. The average molecular weight is 186 g/mol. The summed E-state index contributed by atoms with van der Waals surface area (Å²) in [5.74, 6) is -0.0130. The summed E-state index contributed by atoms with van der Waals surface area (Å²) in [6.45, 7) is 7.75. The Morgan fingerprint density at radius 2 is 1.85 bits per heavy atom. The van der Waals surface area contributed by atoms with Crippen LogP contribution < -0.4 is 0 Å². The smallest absolute Gasteiger partial charge is 0.161 e. The molecule has 1 atom stereocenters. The van der Waals surface area contributed by atoms with Crippen LogP contribution in [0.15, 0.2) is 0 Å². The molecule has 0 aromatic heterocycles. The second-order valence-corrected chi connectivity index (χ2v) is 4.69. The lowest BCUT2D eigenvalue weighted by molar-refractivity contribution is -0.132. The van der Waals surface area contributed by atoms with Crippen molar-refractivity contribution < 1.29 is 9.90 Å². The molecule has 1 unspecified atom stereocenters. The number of carbonyl (C=O) groups excluding carboxylic acids is 1. The fourth-order valence-electron chi connectivity index (χ4n) is 1.17. The van der Waals surface area contributed by atoms with Crippen LogP contribution in [0.5, 0.6) is 0 Å². The van der Waals surface area contributed by atoms with Crippen LogP contribution in [0.3, 0.4) is 0 Å². The molecule has 0 amide bonds. The quantitative estimate of drug-likeness (QED) is 0.670. The molecule has 0 saturated heterocycles. The van der Waals surface area contributed by atoms with Gasteiger partial charge >= 0.3 is 0 Å². The van der Waals surface area contributed by atoms with E-state index in [9.17, 15) is 9.90 Å². The molecule has 0 radical (unpaired) electrons. The summed E-state index contributed by atoms with van der Waals surface area (Å²) in [5, 5.41) is 9.60. The summed E-state index contributed by atoms with van der Waals surface area (Å²) < 4.78 is 0. The molecule has 78 valence electrons. The summed E-state index contributed by atoms with van der Waals surface area (Å²) >= 11 is 0. The van der Waals surface area contributed by atoms with Crippen LogP contribution in [0.1, 0.15) is 53.4 Å². The highest BCUT2D eigenvalue weighted by molar-refractivity contribution is 5.83. The summed E-state index contributed by atoms with van der Waals surface area (Å²) in [4.78, 5) is 11.4. The lowest BCUT2D eigenvalue weighted by Gasteiger charge is -2.24. The Labute approximate surface area is 81.3 Å². The van der Waals surface area contributed by atoms with Crippen LogP contribution in [0.25, 0.3) is 0 Å². The Morgan fingerprint density at radius 3 is 2.23 bits per heavy atom. The van der Waals surface area contributed by atoms with Gasteiger partial charge in [0.15, 0.2) is 5.78 Å². The lowest BCUT2D eigenvalue weighted by atomic mass is 9.85. The fourth-order valence-corrected chi connectivity index (χ4v) is 1.17. The van der Waals surface area contributed by atoms with E-state index < -0.39 is 6.10 Å². The van der Waals surface area contributed by atoms with Crippen LogP contribution in [0.4, 0.5) is 0 Å². The first-order valence-corrected chi connectivity index (χ1v) is 5.10. The minimum Gasteiger partial charge on any atom is -0.385 e. The number of carbonyl (C=O) groups is 1. The fraction of sp³-hybridized carbons (Fsp3) is 0.909. The first kappa shape index (κ1) is 12.6. The maximum atomic E-state index is 11.4. The number of Topliss-reactive ketones (excluding diaryl/α,β-unsaturated/α-hetero) is 1. The molecular weight excluding hydrogens is 164 g/mol. The van der Waals surface area contributed by atoms with E-state index in [0.29, 0.717) is 6.42 Å². The summed E-state index contributed by atoms with van der Waals surface area (Å²) in [5.41, 5.74) is -0.316. The van der Waals surface area contributed by atoms with Gasteiger partial charge in [0, 0.05) is 6.42 Å². The molecule has 0 heterocycles. The van der Waals surface area contributed by atoms with Crippen LogP contribution in [-0.2, 0) is 4.79 Å². The standard InChI is InChI=1S/C11H22O2/c1-5-6-7-8-9(12)10(13)11(2,3)4/h10,13H,5-8H2,1-4H3. The van der Waals surface area contributed by atoms with E-state index in [0.717, 1.165) is 19.3 Å². The van der Waals surface area contributed by atoms with Gasteiger partial charge in [0.25, 0.3) is 0 Å². The number of hydrogen-bond donors (Lipinski definition) is 1. The SMILES string of the molecule is CCCCCC(=O)C(O)C(C)(C)C. The van der Waals surface area contributed by atoms with Gasteiger partial charge in [0.2, 0.25) is 0 Å². The summed E-state index contributed by atoms with van der Waals surface area (Å²) in [6, 6.07) is 0. The molecule has 0 aromatic rings. The highest BCUT2D eigenvalue weighted by atomic mass is 16.3. The first-order chi connectivity index (χ1) is 5.89. The van der Waals surface area contributed by atoms with Gasteiger partial charge in [0.05, 0.1) is 0 Å². The number of rotatable bonds is 5. The Bertz CT molecular complexity index is 156. The van der Waals surface area contributed by atoms with Gasteiger partial charge in [-0.25, -0.2) is 0 Å². The van der Waals surface area contributed by atoms with Crippen molar-refractivity contribution in [2.24, 2.45) is 5.41 Å². The van der Waals surface area contributed by atoms with E-state index in [4.69, 9.17) is 0 Å². The lowest BCUT2D eigenvalue weighted by Crippen LogP contribution is -2.34. The molecule has 0 rings (SSSR count). The zero-order valence-electron chi connectivity index (χ0n) is 9.26. The highest BCUT2D eigenvalue weighted by Crippen LogP contribution is 2.21. The zero-order chi connectivity index (χ0) is 10.5. The average Bonchev–Trinajstić information content (AvgIpc) is 2.01. The van der Waals surface area contributed by atoms with Gasteiger partial charge in [-0.05, 0) is 11.8 Å². The molecule has 13 heavy (non-hydrogen) atoms. The number of aliphatic hydroxyl groups excluding tert-OH is 1. The molecule has 2 nitrogen and oxygen atoms in total. The molecule has 0 fully saturated rings. The highest BCUT2D eigenvalue weighted by Gasteiger charge is 2.27. The van der Waals surface area contributed by atoms with Gasteiger partial charge in [-0.15, -0.1) is 0 Å². The van der Waals surface area contributed by atoms with Gasteiger partial charge in [0.1, 0.15) is 6.10 Å². The number of aliphatic hydroxyl groups is 1. The van der Waals surface area contributed by atoms with Crippen molar-refractivity contribution in [1.82, 2.24) is 0 Å². The van der Waals surface area contributed by atoms with E-state index in [1.165, 1.54) is 0 Å². The first-order valence-electron chi connectivity index (χ1n) is 5.10. The Morgan fingerprint density at radius 1 is 1.31 bits per heavy atom. The van der Waals surface area contributed by atoms with Gasteiger partial charge in [-0.1, -0.05) is 40.5 Å².